The number of aliphatic hydroxyl groups excluding tert-OH is 3. The van der Waals surface area contributed by atoms with Gasteiger partial charge in [-0.1, -0.05) is 42.5 Å². The summed E-state index contributed by atoms with van der Waals surface area (Å²) in [4.78, 5) is 0. The van der Waals surface area contributed by atoms with Crippen molar-refractivity contribution in [1.29, 1.82) is 0 Å². The van der Waals surface area contributed by atoms with Gasteiger partial charge >= 0.3 is 0 Å². The minimum absolute atomic E-state index is 0.122. The molecule has 3 N–H and O–H groups in total. The van der Waals surface area contributed by atoms with E-state index in [9.17, 15) is 0 Å². The zero-order chi connectivity index (χ0) is 42.5. The third-order valence-electron chi connectivity index (χ3n) is 0.395. The lowest BCUT2D eigenvalue weighted by Gasteiger charge is -1.84. The second-order valence-electron chi connectivity index (χ2n) is 4.02. The molecule has 0 saturated heterocycles. The van der Waals surface area contributed by atoms with Gasteiger partial charge in [0.05, 0.1) is 26.4 Å². The highest BCUT2D eigenvalue weighted by molar-refractivity contribution is 4.53. The summed E-state index contributed by atoms with van der Waals surface area (Å²) in [6, 6.07) is 0. The Morgan fingerprint density at radius 1 is 0.326 bits per heavy atom. The molecule has 0 fully saturated rings. The van der Waals surface area contributed by atoms with Crippen LogP contribution in [0, 0.1) is 0 Å². The lowest BCUT2D eigenvalue weighted by atomic mass is 10.8. The van der Waals surface area contributed by atoms with Gasteiger partial charge in [0.2, 0.25) is 0 Å². The Kier molecular flexibility index (Phi) is 2550. The lowest BCUT2D eigenvalue weighted by Crippen LogP contribution is -1.91. The largest absolute Gasteiger partial charge is 0.394 e. The van der Waals surface area contributed by atoms with Gasteiger partial charge < -0.3 is 20.1 Å². The highest BCUT2D eigenvalue weighted by atomic mass is 16.5. The minimum atomic E-state index is -0.125. The second-order valence-corrected chi connectivity index (χ2v) is 4.02. The van der Waals surface area contributed by atoms with Gasteiger partial charge in [-0.2, -0.15) is 0 Å². The van der Waals surface area contributed by atoms with Crippen molar-refractivity contribution in [3.63, 3.8) is 0 Å². The fourth-order valence-electron chi connectivity index (χ4n) is 0.0913. The van der Waals surface area contributed by atoms with E-state index in [0.717, 1.165) is 0 Å². The normalized spacial score (nSPS) is 4.24. The third-order valence-corrected chi connectivity index (χ3v) is 0.395. The first-order valence-corrected chi connectivity index (χ1v) is 13.5. The molecule has 0 aromatic heterocycles. The summed E-state index contributed by atoms with van der Waals surface area (Å²) < 4.78 is 4.44. The number of rotatable bonds is 3. The van der Waals surface area contributed by atoms with Crippen molar-refractivity contribution >= 4 is 0 Å². The van der Waals surface area contributed by atoms with Crippen LogP contribution in [0.4, 0.5) is 0 Å². The molecule has 0 aliphatic rings. The van der Waals surface area contributed by atoms with Crippen molar-refractivity contribution in [2.45, 2.75) is 48.5 Å². The Bertz CT molecular complexity index is 265. The molecule has 0 bridgehead atoms. The summed E-state index contributed by atoms with van der Waals surface area (Å²) >= 11 is 0. The van der Waals surface area contributed by atoms with Crippen molar-refractivity contribution in [3.05, 3.63) is 194 Å². The molecule has 0 atom stereocenters. The average Bonchev–Trinajstić information content (AvgIpc) is 3.11. The lowest BCUT2D eigenvalue weighted by molar-refractivity contribution is 0.135. The maximum absolute atomic E-state index is 7.94. The molecular weight excluding hydrogens is 568 g/mol. The first kappa shape index (κ1) is 113. The predicted octanol–water partition coefficient (Wildman–Crippen LogP) is 13.4. The first-order valence-electron chi connectivity index (χ1n) is 13.5. The Labute approximate surface area is 295 Å². The van der Waals surface area contributed by atoms with E-state index in [1.165, 1.54) is 0 Å². The van der Waals surface area contributed by atoms with Crippen molar-refractivity contribution in [2.75, 3.05) is 33.5 Å². The van der Waals surface area contributed by atoms with Gasteiger partial charge in [0.25, 0.3) is 0 Å². The highest BCUT2D eigenvalue weighted by Crippen LogP contribution is 1.56. The maximum Gasteiger partial charge on any atom is 0.0693 e. The van der Waals surface area contributed by atoms with E-state index in [4.69, 9.17) is 15.3 Å². The highest BCUT2D eigenvalue weighted by Gasteiger charge is 1.67. The summed E-state index contributed by atoms with van der Waals surface area (Å²) in [6.45, 7) is 85.1. The van der Waals surface area contributed by atoms with Crippen molar-refractivity contribution in [3.8, 4) is 0 Å². The zero-order valence-electron chi connectivity index (χ0n) is 32.9. The van der Waals surface area contributed by atoms with Crippen LogP contribution >= 0.6 is 0 Å². The summed E-state index contributed by atoms with van der Waals surface area (Å²) in [5.74, 6) is 0. The van der Waals surface area contributed by atoms with E-state index in [1.54, 1.807) is 49.6 Å². The SMILES string of the molecule is C=C.C=C.C=C.C=C.C=C.C=C.C=C.C=C.C=CC.C=CC.C=CC.C=CC.C=CC.C=CC.C=CC.COCCO.OCCO. The van der Waals surface area contributed by atoms with Crippen LogP contribution in [0.5, 0.6) is 0 Å². The van der Waals surface area contributed by atoms with Gasteiger partial charge in [-0.3, -0.25) is 0 Å². The third kappa shape index (κ3) is 53900. The molecule has 0 amide bonds. The summed E-state index contributed by atoms with van der Waals surface area (Å²) in [6.07, 6.45) is 12.2. The molecule has 280 valence electrons. The summed E-state index contributed by atoms with van der Waals surface area (Å²) in [5, 5.41) is 23.2. The molecule has 0 radical (unpaired) electrons. The monoisotopic (exact) mass is 657 g/mol. The number of ether oxygens (including phenoxy) is 1. The number of aliphatic hydroxyl groups is 3. The standard InChI is InChI=1S/C3H8O2.7C3H6.C2H6O2.8C2H4/c1-5-3-2-4;7*1-3-2;3-1-2-4;8*1-2/h4H,2-3H2,1H3;7*3H,1H2,2H3;3-4H,1-2H2;8*1-2H2. The van der Waals surface area contributed by atoms with Crippen LogP contribution in [0.25, 0.3) is 0 Å². The molecule has 0 aromatic rings. The molecule has 0 aromatic carbocycles. The van der Waals surface area contributed by atoms with Crippen LogP contribution in [-0.4, -0.2) is 48.9 Å². The van der Waals surface area contributed by atoms with E-state index in [1.807, 2.05) is 48.5 Å². The van der Waals surface area contributed by atoms with Crippen molar-refractivity contribution < 1.29 is 20.1 Å². The van der Waals surface area contributed by atoms with Crippen LogP contribution in [0.2, 0.25) is 0 Å². The summed E-state index contributed by atoms with van der Waals surface area (Å²) in [7, 11) is 1.55. The molecule has 0 unspecified atom stereocenters. The van der Waals surface area contributed by atoms with E-state index in [2.05, 4.69) is 156 Å². The van der Waals surface area contributed by atoms with E-state index < -0.39 is 0 Å². The number of hydrogen-bond donors (Lipinski definition) is 3. The number of methoxy groups -OCH3 is 1. The molecule has 4 heteroatoms. The van der Waals surface area contributed by atoms with Crippen LogP contribution in [0.15, 0.2) is 194 Å². The Hall–Kier alpha value is -4.06. The smallest absolute Gasteiger partial charge is 0.0693 e. The predicted molar refractivity (Wildman–Crippen MR) is 234 cm³/mol. The molecular formula is C42H88O4. The molecule has 0 aliphatic heterocycles. The van der Waals surface area contributed by atoms with E-state index in [0.29, 0.717) is 6.61 Å². The molecule has 0 rings (SSSR count). The molecule has 46 heavy (non-hydrogen) atoms. The van der Waals surface area contributed by atoms with Gasteiger partial charge in [0.15, 0.2) is 0 Å². The van der Waals surface area contributed by atoms with Crippen molar-refractivity contribution in [1.82, 2.24) is 0 Å². The topological polar surface area (TPSA) is 69.9 Å². The van der Waals surface area contributed by atoms with Crippen LogP contribution in [0.1, 0.15) is 48.5 Å². The van der Waals surface area contributed by atoms with Crippen LogP contribution in [-0.2, 0) is 4.74 Å². The fourth-order valence-corrected chi connectivity index (χ4v) is 0.0913. The van der Waals surface area contributed by atoms with Gasteiger partial charge in [-0.15, -0.1) is 151 Å². The Morgan fingerprint density at radius 2 is 0.413 bits per heavy atom. The van der Waals surface area contributed by atoms with Crippen molar-refractivity contribution in [2.24, 2.45) is 0 Å². The van der Waals surface area contributed by atoms with E-state index >= 15 is 0 Å². The first-order chi connectivity index (χ1) is 22.2. The second kappa shape index (κ2) is 1040. The minimum Gasteiger partial charge on any atom is -0.394 e. The molecule has 4 nitrogen and oxygen atoms in total. The quantitative estimate of drug-likeness (QED) is 0.264. The van der Waals surface area contributed by atoms with Crippen LogP contribution < -0.4 is 0 Å². The fraction of sp³-hybridized carbons (Fsp3) is 0.286. The molecule has 0 spiro atoms. The Morgan fingerprint density at radius 3 is 0.413 bits per heavy atom. The molecule has 0 saturated carbocycles. The average molecular weight is 657 g/mol. The number of allylic oxidation sites excluding steroid dienone is 7. The molecule has 0 aliphatic carbocycles. The van der Waals surface area contributed by atoms with Gasteiger partial charge in [0.1, 0.15) is 0 Å². The Balaban J connectivity index is -0.0000000131. The summed E-state index contributed by atoms with van der Waals surface area (Å²) in [5.41, 5.74) is 0. The van der Waals surface area contributed by atoms with Crippen LogP contribution in [0.3, 0.4) is 0 Å². The number of hydrogen-bond acceptors (Lipinski definition) is 4. The van der Waals surface area contributed by atoms with Gasteiger partial charge in [-0.25, -0.2) is 0 Å². The maximum atomic E-state index is 7.94. The van der Waals surface area contributed by atoms with Gasteiger partial charge in [0, 0.05) is 7.11 Å². The van der Waals surface area contributed by atoms with E-state index in [-0.39, 0.29) is 19.8 Å². The molecule has 0 heterocycles. The van der Waals surface area contributed by atoms with Gasteiger partial charge in [-0.05, 0) is 48.5 Å². The zero-order valence-corrected chi connectivity index (χ0v) is 32.9.